The number of fused-ring (bicyclic) bond motifs is 1. The van der Waals surface area contributed by atoms with E-state index in [1.165, 1.54) is 0 Å². The Balaban J connectivity index is 2.37. The molecule has 0 aliphatic rings. The van der Waals surface area contributed by atoms with Crippen molar-refractivity contribution in [2.24, 2.45) is 0 Å². The standard InChI is InChI=1S/C11H6Cl2N4/c12-8-4-2-1-3-6(8)9-7-5-14-17-10(7)16-11(13)15-9/h1-5H,(H,14,15,16,17). The summed E-state index contributed by atoms with van der Waals surface area (Å²) >= 11 is 12.0. The van der Waals surface area contributed by atoms with Gasteiger partial charge in [-0.3, -0.25) is 5.10 Å². The SMILES string of the molecule is Clc1nc(-c2ccccc2Cl)c2cn[nH]c2n1. The normalized spacial score (nSPS) is 10.9. The molecule has 1 N–H and O–H groups in total. The van der Waals surface area contributed by atoms with Crippen LogP contribution in [0.2, 0.25) is 10.3 Å². The van der Waals surface area contributed by atoms with Crippen LogP contribution < -0.4 is 0 Å². The lowest BCUT2D eigenvalue weighted by molar-refractivity contribution is 1.09. The lowest BCUT2D eigenvalue weighted by Crippen LogP contribution is -1.90. The average molecular weight is 265 g/mol. The summed E-state index contributed by atoms with van der Waals surface area (Å²) in [6.45, 7) is 0. The Hall–Kier alpha value is -1.65. The molecule has 0 aliphatic heterocycles. The summed E-state index contributed by atoms with van der Waals surface area (Å²) in [5.41, 5.74) is 2.09. The van der Waals surface area contributed by atoms with Crippen molar-refractivity contribution in [2.45, 2.75) is 0 Å². The van der Waals surface area contributed by atoms with Gasteiger partial charge in [0.1, 0.15) is 0 Å². The minimum atomic E-state index is 0.164. The van der Waals surface area contributed by atoms with Crippen LogP contribution in [0.3, 0.4) is 0 Å². The van der Waals surface area contributed by atoms with Crippen LogP contribution in [0.4, 0.5) is 0 Å². The largest absolute Gasteiger partial charge is 0.261 e. The number of rotatable bonds is 1. The molecule has 3 rings (SSSR count). The Morgan fingerprint density at radius 3 is 2.71 bits per heavy atom. The Morgan fingerprint density at radius 1 is 1.06 bits per heavy atom. The Labute approximate surface area is 107 Å². The third-order valence-electron chi connectivity index (χ3n) is 2.41. The highest BCUT2D eigenvalue weighted by atomic mass is 35.5. The van der Waals surface area contributed by atoms with E-state index < -0.39 is 0 Å². The molecule has 0 atom stereocenters. The molecule has 6 heteroatoms. The van der Waals surface area contributed by atoms with Crippen molar-refractivity contribution in [3.8, 4) is 11.3 Å². The highest BCUT2D eigenvalue weighted by Crippen LogP contribution is 2.31. The third kappa shape index (κ3) is 1.75. The summed E-state index contributed by atoms with van der Waals surface area (Å²) in [4.78, 5) is 8.26. The summed E-state index contributed by atoms with van der Waals surface area (Å²) in [5, 5.41) is 8.26. The van der Waals surface area contributed by atoms with Gasteiger partial charge in [0, 0.05) is 10.6 Å². The van der Waals surface area contributed by atoms with Crippen molar-refractivity contribution in [1.29, 1.82) is 0 Å². The van der Waals surface area contributed by atoms with Gasteiger partial charge in [0.2, 0.25) is 5.28 Å². The Morgan fingerprint density at radius 2 is 1.88 bits per heavy atom. The molecular formula is C11H6Cl2N4. The second kappa shape index (κ2) is 3.98. The minimum Gasteiger partial charge on any atom is -0.261 e. The third-order valence-corrected chi connectivity index (χ3v) is 2.91. The lowest BCUT2D eigenvalue weighted by atomic mass is 10.1. The second-order valence-electron chi connectivity index (χ2n) is 3.45. The molecule has 4 nitrogen and oxygen atoms in total. The van der Waals surface area contributed by atoms with E-state index in [4.69, 9.17) is 23.2 Å². The molecule has 0 saturated carbocycles. The van der Waals surface area contributed by atoms with E-state index >= 15 is 0 Å². The van der Waals surface area contributed by atoms with E-state index in [1.54, 1.807) is 12.3 Å². The molecular weight excluding hydrogens is 259 g/mol. The second-order valence-corrected chi connectivity index (χ2v) is 4.20. The molecule has 1 aromatic carbocycles. The van der Waals surface area contributed by atoms with E-state index in [9.17, 15) is 0 Å². The van der Waals surface area contributed by atoms with Gasteiger partial charge in [0.05, 0.1) is 17.3 Å². The maximum Gasteiger partial charge on any atom is 0.224 e. The molecule has 3 aromatic rings. The van der Waals surface area contributed by atoms with Gasteiger partial charge in [-0.15, -0.1) is 0 Å². The van der Waals surface area contributed by atoms with E-state index in [-0.39, 0.29) is 5.28 Å². The first-order valence-electron chi connectivity index (χ1n) is 4.87. The van der Waals surface area contributed by atoms with E-state index in [2.05, 4.69) is 20.2 Å². The molecule has 0 unspecified atom stereocenters. The molecule has 17 heavy (non-hydrogen) atoms. The summed E-state index contributed by atoms with van der Waals surface area (Å²) in [6.07, 6.45) is 1.66. The molecule has 0 fully saturated rings. The highest BCUT2D eigenvalue weighted by Gasteiger charge is 2.12. The number of H-pyrrole nitrogens is 1. The van der Waals surface area contributed by atoms with E-state index in [1.807, 2.05) is 18.2 Å². The minimum absolute atomic E-state index is 0.164. The van der Waals surface area contributed by atoms with Gasteiger partial charge in [-0.25, -0.2) is 4.98 Å². The number of aromatic amines is 1. The van der Waals surface area contributed by atoms with Gasteiger partial charge in [-0.05, 0) is 17.7 Å². The number of nitrogens with one attached hydrogen (secondary N) is 1. The van der Waals surface area contributed by atoms with Crippen LogP contribution in [-0.4, -0.2) is 20.2 Å². The maximum absolute atomic E-state index is 6.14. The summed E-state index contributed by atoms with van der Waals surface area (Å²) in [7, 11) is 0. The van der Waals surface area contributed by atoms with Crippen LogP contribution in [0.25, 0.3) is 22.3 Å². The molecule has 2 heterocycles. The first-order valence-corrected chi connectivity index (χ1v) is 5.63. The Bertz CT molecular complexity index is 693. The predicted octanol–water partition coefficient (Wildman–Crippen LogP) is 3.33. The molecule has 0 saturated heterocycles. The van der Waals surface area contributed by atoms with Crippen molar-refractivity contribution in [1.82, 2.24) is 20.2 Å². The fourth-order valence-electron chi connectivity index (χ4n) is 1.67. The smallest absolute Gasteiger partial charge is 0.224 e. The quantitative estimate of drug-likeness (QED) is 0.686. The molecule has 0 aliphatic carbocycles. The number of halogens is 2. The number of aromatic nitrogens is 4. The lowest BCUT2D eigenvalue weighted by Gasteiger charge is -2.04. The van der Waals surface area contributed by atoms with Gasteiger partial charge in [-0.2, -0.15) is 10.1 Å². The zero-order valence-electron chi connectivity index (χ0n) is 8.48. The molecule has 84 valence electrons. The van der Waals surface area contributed by atoms with Crippen molar-refractivity contribution in [3.63, 3.8) is 0 Å². The molecule has 0 spiro atoms. The number of benzene rings is 1. The predicted molar refractivity (Wildman–Crippen MR) is 67.1 cm³/mol. The van der Waals surface area contributed by atoms with Crippen molar-refractivity contribution >= 4 is 34.2 Å². The maximum atomic E-state index is 6.14. The van der Waals surface area contributed by atoms with Crippen molar-refractivity contribution in [3.05, 3.63) is 40.8 Å². The van der Waals surface area contributed by atoms with E-state index in [0.717, 1.165) is 10.9 Å². The molecule has 0 amide bonds. The average Bonchev–Trinajstić information content (AvgIpc) is 2.76. The zero-order chi connectivity index (χ0) is 11.8. The van der Waals surface area contributed by atoms with Crippen LogP contribution in [0.15, 0.2) is 30.5 Å². The number of hydrogen-bond donors (Lipinski definition) is 1. The van der Waals surface area contributed by atoms with Gasteiger partial charge in [-0.1, -0.05) is 29.8 Å². The fourth-order valence-corrected chi connectivity index (χ4v) is 2.06. The summed E-state index contributed by atoms with van der Waals surface area (Å²) < 4.78 is 0. The zero-order valence-corrected chi connectivity index (χ0v) is 10.00. The van der Waals surface area contributed by atoms with Gasteiger partial charge in [0.15, 0.2) is 5.65 Å². The number of hydrogen-bond acceptors (Lipinski definition) is 3. The molecule has 2 aromatic heterocycles. The Kier molecular flexibility index (Phi) is 2.46. The summed E-state index contributed by atoms with van der Waals surface area (Å²) in [5.74, 6) is 0. The van der Waals surface area contributed by atoms with Crippen LogP contribution in [-0.2, 0) is 0 Å². The first kappa shape index (κ1) is 10.5. The highest BCUT2D eigenvalue weighted by molar-refractivity contribution is 6.33. The van der Waals surface area contributed by atoms with Gasteiger partial charge >= 0.3 is 0 Å². The van der Waals surface area contributed by atoms with Crippen LogP contribution in [0.5, 0.6) is 0 Å². The van der Waals surface area contributed by atoms with Crippen molar-refractivity contribution < 1.29 is 0 Å². The molecule has 0 radical (unpaired) electrons. The fraction of sp³-hybridized carbons (Fsp3) is 0. The van der Waals surface area contributed by atoms with Crippen LogP contribution in [0.1, 0.15) is 0 Å². The van der Waals surface area contributed by atoms with Gasteiger partial charge in [0.25, 0.3) is 0 Å². The van der Waals surface area contributed by atoms with Crippen molar-refractivity contribution in [2.75, 3.05) is 0 Å². The van der Waals surface area contributed by atoms with Crippen LogP contribution in [0, 0.1) is 0 Å². The first-order chi connectivity index (χ1) is 8.25. The topological polar surface area (TPSA) is 54.5 Å². The summed E-state index contributed by atoms with van der Waals surface area (Å²) in [6, 6.07) is 7.44. The van der Waals surface area contributed by atoms with E-state index in [0.29, 0.717) is 16.4 Å². The van der Waals surface area contributed by atoms with Crippen LogP contribution >= 0.6 is 23.2 Å². The number of nitrogens with zero attached hydrogens (tertiary/aromatic N) is 3. The molecule has 0 bridgehead atoms. The monoisotopic (exact) mass is 264 g/mol. The van der Waals surface area contributed by atoms with Gasteiger partial charge < -0.3 is 0 Å².